The molecule has 1 heterocycles. The molecule has 0 bridgehead atoms. The number of hydrogen-bond acceptors (Lipinski definition) is 3. The summed E-state index contributed by atoms with van der Waals surface area (Å²) in [5, 5.41) is 0. The summed E-state index contributed by atoms with van der Waals surface area (Å²) in [5.41, 5.74) is 3.62. The van der Waals surface area contributed by atoms with E-state index in [9.17, 15) is 4.79 Å². The van der Waals surface area contributed by atoms with E-state index in [1.54, 1.807) is 12.1 Å². The van der Waals surface area contributed by atoms with E-state index in [0.717, 1.165) is 16.8 Å². The second-order valence-corrected chi connectivity index (χ2v) is 4.18. The van der Waals surface area contributed by atoms with Crippen LogP contribution in [-0.2, 0) is 4.74 Å². The van der Waals surface area contributed by atoms with Crippen molar-refractivity contribution in [3.8, 4) is 0 Å². The number of rotatable bonds is 3. The topological polar surface area (TPSA) is 39.2 Å². The van der Waals surface area contributed by atoms with Gasteiger partial charge in [-0.15, -0.1) is 0 Å². The highest BCUT2D eigenvalue weighted by Gasteiger charge is 2.02. The van der Waals surface area contributed by atoms with Crippen molar-refractivity contribution in [2.24, 2.45) is 0 Å². The van der Waals surface area contributed by atoms with Gasteiger partial charge in [0.2, 0.25) is 0 Å². The first-order chi connectivity index (χ1) is 9.19. The van der Waals surface area contributed by atoms with Crippen molar-refractivity contribution < 1.29 is 9.53 Å². The molecule has 0 atom stereocenters. The van der Waals surface area contributed by atoms with Gasteiger partial charge in [0.05, 0.1) is 12.7 Å². The van der Waals surface area contributed by atoms with E-state index in [1.165, 1.54) is 7.11 Å². The third kappa shape index (κ3) is 3.52. The molecule has 0 unspecified atom stereocenters. The van der Waals surface area contributed by atoms with Crippen LogP contribution < -0.4 is 0 Å². The minimum absolute atomic E-state index is 0.321. The van der Waals surface area contributed by atoms with E-state index in [1.807, 2.05) is 49.5 Å². The SMILES string of the molecule is COC(=O)c1ccc(/C=C/c2ccc(C)nc2)cc1. The van der Waals surface area contributed by atoms with Crippen molar-refractivity contribution in [1.82, 2.24) is 4.98 Å². The average molecular weight is 253 g/mol. The number of methoxy groups -OCH3 is 1. The van der Waals surface area contributed by atoms with Gasteiger partial charge in [0.15, 0.2) is 0 Å². The molecule has 0 radical (unpaired) electrons. The van der Waals surface area contributed by atoms with E-state index >= 15 is 0 Å². The molecule has 96 valence electrons. The Hall–Kier alpha value is -2.42. The van der Waals surface area contributed by atoms with Gasteiger partial charge in [-0.1, -0.05) is 30.4 Å². The van der Waals surface area contributed by atoms with Crippen LogP contribution in [0.3, 0.4) is 0 Å². The summed E-state index contributed by atoms with van der Waals surface area (Å²) in [6.07, 6.45) is 5.79. The zero-order valence-electron chi connectivity index (χ0n) is 11.0. The number of esters is 1. The number of hydrogen-bond donors (Lipinski definition) is 0. The van der Waals surface area contributed by atoms with E-state index in [-0.39, 0.29) is 5.97 Å². The molecule has 2 aromatic rings. The van der Waals surface area contributed by atoms with Gasteiger partial charge in [0, 0.05) is 11.9 Å². The molecule has 0 aliphatic heterocycles. The number of aryl methyl sites for hydroxylation is 1. The fraction of sp³-hybridized carbons (Fsp3) is 0.125. The first kappa shape index (κ1) is 13.0. The molecule has 0 spiro atoms. The van der Waals surface area contributed by atoms with Gasteiger partial charge in [0.25, 0.3) is 0 Å². The van der Waals surface area contributed by atoms with Gasteiger partial charge in [-0.2, -0.15) is 0 Å². The van der Waals surface area contributed by atoms with Crippen LogP contribution in [0.25, 0.3) is 12.2 Å². The number of carbonyl (C=O) groups is 1. The lowest BCUT2D eigenvalue weighted by Crippen LogP contribution is -2.00. The van der Waals surface area contributed by atoms with Crippen LogP contribution in [0.2, 0.25) is 0 Å². The largest absolute Gasteiger partial charge is 0.465 e. The number of pyridine rings is 1. The van der Waals surface area contributed by atoms with Gasteiger partial charge in [-0.25, -0.2) is 4.79 Å². The van der Waals surface area contributed by atoms with Crippen molar-refractivity contribution in [3.05, 3.63) is 65.0 Å². The van der Waals surface area contributed by atoms with Crippen molar-refractivity contribution >= 4 is 18.1 Å². The predicted octanol–water partition coefficient (Wildman–Crippen LogP) is 3.35. The molecule has 2 rings (SSSR count). The molecule has 0 aliphatic carbocycles. The fourth-order valence-electron chi connectivity index (χ4n) is 1.62. The van der Waals surface area contributed by atoms with Gasteiger partial charge in [-0.05, 0) is 36.2 Å². The molecule has 1 aromatic heterocycles. The van der Waals surface area contributed by atoms with Crippen molar-refractivity contribution in [1.29, 1.82) is 0 Å². The second kappa shape index (κ2) is 5.96. The van der Waals surface area contributed by atoms with E-state index in [0.29, 0.717) is 5.56 Å². The van der Waals surface area contributed by atoms with Crippen molar-refractivity contribution in [3.63, 3.8) is 0 Å². The number of carbonyl (C=O) groups excluding carboxylic acids is 1. The summed E-state index contributed by atoms with van der Waals surface area (Å²) in [4.78, 5) is 15.5. The number of benzene rings is 1. The minimum atomic E-state index is -0.321. The van der Waals surface area contributed by atoms with Gasteiger partial charge in [0.1, 0.15) is 0 Å². The van der Waals surface area contributed by atoms with Crippen LogP contribution in [-0.4, -0.2) is 18.1 Å². The van der Waals surface area contributed by atoms with Crippen LogP contribution >= 0.6 is 0 Å². The fourth-order valence-corrected chi connectivity index (χ4v) is 1.62. The monoisotopic (exact) mass is 253 g/mol. The zero-order valence-corrected chi connectivity index (χ0v) is 11.0. The first-order valence-corrected chi connectivity index (χ1v) is 5.98. The normalized spacial score (nSPS) is 10.6. The molecule has 0 saturated carbocycles. The first-order valence-electron chi connectivity index (χ1n) is 5.98. The van der Waals surface area contributed by atoms with Crippen molar-refractivity contribution in [2.45, 2.75) is 6.92 Å². The Labute approximate surface area is 112 Å². The number of nitrogens with zero attached hydrogens (tertiary/aromatic N) is 1. The third-order valence-electron chi connectivity index (χ3n) is 2.73. The standard InChI is InChI=1S/C16H15NO2/c1-12-3-4-14(11-17-12)6-5-13-7-9-15(10-8-13)16(18)19-2/h3-11H,1-2H3/b6-5+. The van der Waals surface area contributed by atoms with Crippen LogP contribution in [0.15, 0.2) is 42.6 Å². The maximum absolute atomic E-state index is 11.3. The predicted molar refractivity (Wildman–Crippen MR) is 75.7 cm³/mol. The molecule has 0 fully saturated rings. The van der Waals surface area contributed by atoms with Crippen LogP contribution in [0, 0.1) is 6.92 Å². The van der Waals surface area contributed by atoms with E-state index in [4.69, 9.17) is 0 Å². The summed E-state index contributed by atoms with van der Waals surface area (Å²) in [6, 6.07) is 11.2. The second-order valence-electron chi connectivity index (χ2n) is 4.18. The Morgan fingerprint density at radius 1 is 1.05 bits per heavy atom. The molecule has 3 heteroatoms. The molecule has 0 N–H and O–H groups in total. The van der Waals surface area contributed by atoms with Crippen LogP contribution in [0.5, 0.6) is 0 Å². The lowest BCUT2D eigenvalue weighted by atomic mass is 10.1. The van der Waals surface area contributed by atoms with Crippen LogP contribution in [0.1, 0.15) is 27.2 Å². The Morgan fingerprint density at radius 3 is 2.26 bits per heavy atom. The summed E-state index contributed by atoms with van der Waals surface area (Å²) in [6.45, 7) is 1.96. The molecular weight excluding hydrogens is 238 g/mol. The molecule has 19 heavy (non-hydrogen) atoms. The Kier molecular flexibility index (Phi) is 4.08. The average Bonchev–Trinajstić information content (AvgIpc) is 2.46. The zero-order chi connectivity index (χ0) is 13.7. The molecule has 3 nitrogen and oxygen atoms in total. The molecule has 0 saturated heterocycles. The lowest BCUT2D eigenvalue weighted by Gasteiger charge is -1.99. The highest BCUT2D eigenvalue weighted by atomic mass is 16.5. The maximum atomic E-state index is 11.3. The summed E-state index contributed by atoms with van der Waals surface area (Å²) < 4.78 is 4.65. The van der Waals surface area contributed by atoms with E-state index in [2.05, 4.69) is 9.72 Å². The Balaban J connectivity index is 2.11. The van der Waals surface area contributed by atoms with Crippen LogP contribution in [0.4, 0.5) is 0 Å². The van der Waals surface area contributed by atoms with Gasteiger partial charge < -0.3 is 4.74 Å². The maximum Gasteiger partial charge on any atom is 0.337 e. The summed E-state index contributed by atoms with van der Waals surface area (Å²) >= 11 is 0. The molecular formula is C16H15NO2. The minimum Gasteiger partial charge on any atom is -0.465 e. The highest BCUT2D eigenvalue weighted by molar-refractivity contribution is 5.89. The Morgan fingerprint density at radius 2 is 1.68 bits per heavy atom. The third-order valence-corrected chi connectivity index (χ3v) is 2.73. The van der Waals surface area contributed by atoms with Gasteiger partial charge in [-0.3, -0.25) is 4.98 Å². The van der Waals surface area contributed by atoms with Crippen molar-refractivity contribution in [2.75, 3.05) is 7.11 Å². The molecule has 0 amide bonds. The lowest BCUT2D eigenvalue weighted by molar-refractivity contribution is 0.0601. The molecule has 1 aromatic carbocycles. The number of ether oxygens (including phenoxy) is 1. The Bertz CT molecular complexity index is 583. The summed E-state index contributed by atoms with van der Waals surface area (Å²) in [5.74, 6) is -0.321. The number of aromatic nitrogens is 1. The smallest absolute Gasteiger partial charge is 0.337 e. The highest BCUT2D eigenvalue weighted by Crippen LogP contribution is 2.10. The van der Waals surface area contributed by atoms with Gasteiger partial charge >= 0.3 is 5.97 Å². The summed E-state index contributed by atoms with van der Waals surface area (Å²) in [7, 11) is 1.38. The molecule has 0 aliphatic rings. The quantitative estimate of drug-likeness (QED) is 0.787. The van der Waals surface area contributed by atoms with E-state index < -0.39 is 0 Å².